The number of nitrogens with one attached hydrogen (secondary N) is 3. The van der Waals surface area contributed by atoms with Crippen LogP contribution in [0.2, 0.25) is 0 Å². The highest BCUT2D eigenvalue weighted by atomic mass is 32.1. The number of thiazole rings is 1. The first kappa shape index (κ1) is 53.1. The summed E-state index contributed by atoms with van der Waals surface area (Å²) in [5, 5.41) is 28.3. The lowest BCUT2D eigenvalue weighted by Gasteiger charge is -2.35. The van der Waals surface area contributed by atoms with E-state index in [9.17, 15) is 47.5 Å². The highest BCUT2D eigenvalue weighted by Gasteiger charge is 2.51. The number of likely N-dealkylation sites (tertiary alicyclic amines) is 1. The Kier molecular flexibility index (Phi) is 16.8. The molecule has 0 radical (unpaired) electrons. The number of aliphatic hydroxyl groups excluding tert-OH is 1. The Bertz CT molecular complexity index is 2630. The van der Waals surface area contributed by atoms with Crippen molar-refractivity contribution in [2.24, 2.45) is 5.41 Å². The molecule has 0 bridgehead atoms. The van der Waals surface area contributed by atoms with Crippen LogP contribution in [0.4, 0.5) is 24.5 Å². The van der Waals surface area contributed by atoms with Gasteiger partial charge in [-0.1, -0.05) is 57.2 Å². The molecular formula is C50H57F3N8O7S2. The van der Waals surface area contributed by atoms with Crippen molar-refractivity contribution in [2.45, 2.75) is 110 Å². The number of nitriles is 1. The highest BCUT2D eigenvalue weighted by molar-refractivity contribution is 7.81. The van der Waals surface area contributed by atoms with Crippen LogP contribution in [0.3, 0.4) is 0 Å². The number of hydrogen-bond donors (Lipinski definition) is 4. The fraction of sp³-hybridized carbons (Fsp3) is 0.440. The van der Waals surface area contributed by atoms with Crippen molar-refractivity contribution < 1.29 is 47.0 Å². The second-order valence-corrected chi connectivity index (χ2v) is 20.1. The number of amides is 5. The van der Waals surface area contributed by atoms with Gasteiger partial charge in [-0.2, -0.15) is 18.4 Å². The first-order valence-electron chi connectivity index (χ1n) is 22.8. The third kappa shape index (κ3) is 12.5. The minimum atomic E-state index is -4.81. The number of β-amino-alcohol motifs (C(OH)–C–C–N with tert-alkyl or cyclic N) is 1. The number of alkyl halides is 3. The molecule has 15 nitrogen and oxygen atoms in total. The van der Waals surface area contributed by atoms with E-state index in [-0.39, 0.29) is 68.8 Å². The van der Waals surface area contributed by atoms with Crippen molar-refractivity contribution in [3.63, 3.8) is 0 Å². The average molecular weight is 1000 g/mol. The maximum Gasteiger partial charge on any atom is 0.417 e. The lowest BCUT2D eigenvalue weighted by atomic mass is 9.85. The molecule has 2 aliphatic heterocycles. The van der Waals surface area contributed by atoms with Gasteiger partial charge in [0, 0.05) is 44.6 Å². The van der Waals surface area contributed by atoms with Crippen LogP contribution in [0, 0.1) is 23.7 Å². The largest absolute Gasteiger partial charge is 0.417 e. The predicted octanol–water partition coefficient (Wildman–Crippen LogP) is 6.58. The number of halogens is 3. The van der Waals surface area contributed by atoms with Crippen molar-refractivity contribution in [3.05, 3.63) is 100 Å². The number of aliphatic hydroxyl groups is 1. The number of thiocarbonyl (C=S) groups is 1. The van der Waals surface area contributed by atoms with Crippen LogP contribution in [-0.4, -0.2) is 99.7 Å². The van der Waals surface area contributed by atoms with Crippen LogP contribution in [0.5, 0.6) is 0 Å². The molecule has 2 saturated heterocycles. The summed E-state index contributed by atoms with van der Waals surface area (Å²) in [6.07, 6.45) is -4.41. The van der Waals surface area contributed by atoms with E-state index in [1.165, 1.54) is 17.0 Å². The first-order valence-corrected chi connectivity index (χ1v) is 24.1. The highest BCUT2D eigenvalue weighted by Crippen LogP contribution is 2.40. The van der Waals surface area contributed by atoms with Gasteiger partial charge in [-0.05, 0) is 98.3 Å². The Morgan fingerprint density at radius 2 is 1.64 bits per heavy atom. The van der Waals surface area contributed by atoms with Gasteiger partial charge in [-0.25, -0.2) is 4.98 Å². The number of nitrogens with zero attached hydrogens (tertiary/aromatic N) is 5. The van der Waals surface area contributed by atoms with Gasteiger partial charge >= 0.3 is 6.18 Å². The average Bonchev–Trinajstić information content (AvgIpc) is 3.97. The Morgan fingerprint density at radius 3 is 2.27 bits per heavy atom. The Morgan fingerprint density at radius 1 is 0.971 bits per heavy atom. The molecule has 6 rings (SSSR count). The second-order valence-electron chi connectivity index (χ2n) is 18.8. The third-order valence-electron chi connectivity index (χ3n) is 12.2. The molecule has 4 N–H and O–H groups in total. The second kappa shape index (κ2) is 22.2. The minimum absolute atomic E-state index is 0.0137. The molecule has 5 amide bonds. The van der Waals surface area contributed by atoms with Crippen LogP contribution >= 0.6 is 23.6 Å². The molecular weight excluding hydrogens is 946 g/mol. The fourth-order valence-electron chi connectivity index (χ4n) is 8.36. The molecule has 0 saturated carbocycles. The zero-order valence-electron chi connectivity index (χ0n) is 39.8. The van der Waals surface area contributed by atoms with E-state index in [0.717, 1.165) is 44.3 Å². The summed E-state index contributed by atoms with van der Waals surface area (Å²) in [7, 11) is 0. The Labute approximate surface area is 414 Å². The summed E-state index contributed by atoms with van der Waals surface area (Å²) in [5.41, 5.74) is 2.29. The van der Waals surface area contributed by atoms with Gasteiger partial charge in [0.15, 0.2) is 5.11 Å². The van der Waals surface area contributed by atoms with E-state index >= 15 is 0 Å². The van der Waals surface area contributed by atoms with E-state index in [1.54, 1.807) is 68.5 Å². The number of ether oxygens (including phenoxy) is 1. The first-order chi connectivity index (χ1) is 33.0. The van der Waals surface area contributed by atoms with Gasteiger partial charge < -0.3 is 35.6 Å². The predicted molar refractivity (Wildman–Crippen MR) is 262 cm³/mol. The molecule has 3 atom stereocenters. The summed E-state index contributed by atoms with van der Waals surface area (Å²) in [5.74, 6) is -2.03. The van der Waals surface area contributed by atoms with Gasteiger partial charge in [-0.15, -0.1) is 11.3 Å². The number of carbonyl (C=O) groups is 5. The molecule has 3 aromatic carbocycles. The lowest BCUT2D eigenvalue weighted by Crippen LogP contribution is -2.57. The van der Waals surface area contributed by atoms with E-state index in [4.69, 9.17) is 17.0 Å². The molecule has 2 aliphatic rings. The monoisotopic (exact) mass is 1000 g/mol. The number of hydrogen-bond acceptors (Lipinski definition) is 11. The van der Waals surface area contributed by atoms with Crippen LogP contribution in [0.25, 0.3) is 10.4 Å². The van der Waals surface area contributed by atoms with E-state index in [2.05, 4.69) is 20.9 Å². The van der Waals surface area contributed by atoms with Crippen molar-refractivity contribution in [1.29, 1.82) is 5.26 Å². The summed E-state index contributed by atoms with van der Waals surface area (Å²) in [4.78, 5) is 75.9. The number of aryl methyl sites for hydroxylation is 2. The quantitative estimate of drug-likeness (QED) is 0.0621. The summed E-state index contributed by atoms with van der Waals surface area (Å²) >= 11 is 7.18. The maximum atomic E-state index is 14.0. The van der Waals surface area contributed by atoms with Crippen LogP contribution in [0.1, 0.15) is 88.2 Å². The molecule has 70 heavy (non-hydrogen) atoms. The summed E-state index contributed by atoms with van der Waals surface area (Å²) < 4.78 is 46.8. The zero-order valence-corrected chi connectivity index (χ0v) is 41.4. The molecule has 0 aliphatic carbocycles. The molecule has 1 aromatic heterocycles. The minimum Gasteiger partial charge on any atom is -0.391 e. The fourth-order valence-corrected chi connectivity index (χ4v) is 9.69. The smallest absolute Gasteiger partial charge is 0.391 e. The van der Waals surface area contributed by atoms with Gasteiger partial charge in [0.25, 0.3) is 5.91 Å². The number of aromatic nitrogens is 1. The number of benzene rings is 3. The van der Waals surface area contributed by atoms with Gasteiger partial charge in [0.05, 0.1) is 58.3 Å². The van der Waals surface area contributed by atoms with Gasteiger partial charge in [0.1, 0.15) is 17.6 Å². The van der Waals surface area contributed by atoms with Crippen molar-refractivity contribution in [3.8, 4) is 16.5 Å². The SMILES string of the molecule is Cc1ncsc1-c1ccc(CNC(=O)[C@@H]2C[C@@H](O)CN2C(=O)[C@@H](NC(=O)CCOCCNC(=O)CCCc2ccc(N3C(=S)N(c4ccc(C#N)c(C(F)(F)F)c4)C(=O)C3(C)C)cc2)C(C)(C)C)cc1. The van der Waals surface area contributed by atoms with Gasteiger partial charge in [-0.3, -0.25) is 28.9 Å². The Hall–Kier alpha value is -6.27. The number of rotatable bonds is 18. The molecule has 3 heterocycles. The maximum absolute atomic E-state index is 14.0. The van der Waals surface area contributed by atoms with Crippen LogP contribution in [0.15, 0.2) is 72.2 Å². The zero-order chi connectivity index (χ0) is 51.1. The van der Waals surface area contributed by atoms with Crippen molar-refractivity contribution >= 4 is 69.6 Å². The Balaban J connectivity index is 0.900. The molecule has 0 spiro atoms. The number of carbonyl (C=O) groups excluding carboxylic acids is 5. The standard InChI is InChI=1S/C50H57F3N8O7S2/c1-30-42(70-29-57-30)33-14-10-32(11-15-33)27-56-44(65)39-25-37(62)28-59(39)45(66)43(48(2,3)4)58-41(64)20-22-68-23-21-55-40(63)9-7-8-31-12-17-35(18-13-31)61-47(69)60(46(67)49(61,5)6)36-19-16-34(26-54)38(24-36)50(51,52)53/h10-19,24,29,37,39,43,62H,7-9,20-23,25,27-28H2,1-6H3,(H,55,63)(H,56,65)(H,58,64)/t37-,39+,43-/m1/s1. The molecule has 2 fully saturated rings. The van der Waals surface area contributed by atoms with E-state index in [0.29, 0.717) is 18.5 Å². The third-order valence-corrected chi connectivity index (χ3v) is 13.5. The normalized spacial score (nSPS) is 17.4. The van der Waals surface area contributed by atoms with Crippen molar-refractivity contribution in [2.75, 3.05) is 36.1 Å². The molecule has 20 heteroatoms. The molecule has 0 unspecified atom stereocenters. The molecule has 4 aromatic rings. The van der Waals surface area contributed by atoms with E-state index in [1.807, 2.05) is 43.3 Å². The van der Waals surface area contributed by atoms with Crippen LogP contribution < -0.4 is 25.8 Å². The van der Waals surface area contributed by atoms with Crippen molar-refractivity contribution in [1.82, 2.24) is 25.8 Å². The van der Waals surface area contributed by atoms with Crippen LogP contribution in [-0.2, 0) is 47.9 Å². The summed E-state index contributed by atoms with van der Waals surface area (Å²) in [6, 6.07) is 17.6. The molecule has 372 valence electrons. The summed E-state index contributed by atoms with van der Waals surface area (Å²) in [6.45, 7) is 11.2. The lowest BCUT2D eigenvalue weighted by molar-refractivity contribution is -0.144. The number of anilines is 2. The topological polar surface area (TPSA) is 197 Å². The van der Waals surface area contributed by atoms with Gasteiger partial charge in [0.2, 0.25) is 23.6 Å². The van der Waals surface area contributed by atoms with E-state index < -0.39 is 70.1 Å².